The zero-order valence-corrected chi connectivity index (χ0v) is 9.18. The van der Waals surface area contributed by atoms with Crippen LogP contribution in [-0.2, 0) is 9.05 Å². The van der Waals surface area contributed by atoms with Crippen LogP contribution in [0, 0.1) is 4.91 Å². The van der Waals surface area contributed by atoms with Gasteiger partial charge >= 0.3 is 8.60 Å². The van der Waals surface area contributed by atoms with Crippen molar-refractivity contribution in [2.45, 2.75) is 0 Å². The molecule has 0 aliphatic heterocycles. The number of likely N-dealkylation sites (N-methyl/N-ethyl adjacent to an activating group) is 1. The van der Waals surface area contributed by atoms with Crippen LogP contribution in [0.15, 0.2) is 17.5 Å². The molecule has 0 saturated carbocycles. The Hall–Kier alpha value is -0.390. The number of hydrogen-bond acceptors (Lipinski definition) is 6. The van der Waals surface area contributed by atoms with Crippen molar-refractivity contribution in [2.24, 2.45) is 5.18 Å². The van der Waals surface area contributed by atoms with E-state index >= 15 is 0 Å². The third-order valence-electron chi connectivity index (χ3n) is 1.19. The molecule has 6 nitrogen and oxygen atoms in total. The van der Waals surface area contributed by atoms with Gasteiger partial charge in [0, 0.05) is 6.54 Å². The highest BCUT2D eigenvalue weighted by molar-refractivity contribution is 7.40. The summed E-state index contributed by atoms with van der Waals surface area (Å²) in [4.78, 5) is 20.7. The normalized spacial score (nSPS) is 13.7. The van der Waals surface area contributed by atoms with Gasteiger partial charge in [-0.05, 0) is 25.3 Å². The lowest BCUT2D eigenvalue weighted by molar-refractivity contribution is 0.196. The summed E-state index contributed by atoms with van der Waals surface area (Å²) in [6.45, 7) is 1.25. The highest BCUT2D eigenvalue weighted by Gasteiger charge is 2.04. The molecule has 0 spiro atoms. The van der Waals surface area contributed by atoms with Gasteiger partial charge in [0.05, 0.1) is 19.4 Å². The van der Waals surface area contributed by atoms with Gasteiger partial charge in [0.15, 0.2) is 0 Å². The quantitative estimate of drug-likeness (QED) is 0.491. The standard InChI is InChI=1S/C7H15N2O4P/c1-9(2)5-7-13-14(11)12-6-3-4-8-10/h3-4,11H,5-7H2,1-2H3/b4-3+. The Kier molecular flexibility index (Phi) is 8.92. The van der Waals surface area contributed by atoms with E-state index in [-0.39, 0.29) is 6.61 Å². The molecule has 0 saturated heterocycles. The Balaban J connectivity index is 3.31. The SMILES string of the molecule is CN(C)CCOP(O)OC/C=C/N=O. The average Bonchev–Trinajstić information content (AvgIpc) is 2.12. The van der Waals surface area contributed by atoms with Crippen LogP contribution in [0.2, 0.25) is 0 Å². The van der Waals surface area contributed by atoms with Crippen LogP contribution in [0.1, 0.15) is 0 Å². The van der Waals surface area contributed by atoms with E-state index < -0.39 is 8.60 Å². The molecule has 0 radical (unpaired) electrons. The molecule has 0 rings (SSSR count). The maximum Gasteiger partial charge on any atom is 0.330 e. The summed E-state index contributed by atoms with van der Waals surface area (Å²) in [5.74, 6) is 0. The minimum absolute atomic E-state index is 0.121. The van der Waals surface area contributed by atoms with E-state index in [2.05, 4.69) is 5.18 Å². The van der Waals surface area contributed by atoms with Gasteiger partial charge in [-0.1, -0.05) is 0 Å². The van der Waals surface area contributed by atoms with E-state index in [1.54, 1.807) is 0 Å². The molecule has 1 unspecified atom stereocenters. The van der Waals surface area contributed by atoms with Crippen molar-refractivity contribution < 1.29 is 13.9 Å². The molecule has 0 fully saturated rings. The van der Waals surface area contributed by atoms with Crippen LogP contribution in [0.3, 0.4) is 0 Å². The third-order valence-corrected chi connectivity index (χ3v) is 1.96. The van der Waals surface area contributed by atoms with Gasteiger partial charge in [0.25, 0.3) is 0 Å². The molecule has 0 aromatic carbocycles. The summed E-state index contributed by atoms with van der Waals surface area (Å²) in [5, 5.41) is 2.49. The summed E-state index contributed by atoms with van der Waals surface area (Å²) in [5.41, 5.74) is 0. The highest BCUT2D eigenvalue weighted by atomic mass is 31.2. The Morgan fingerprint density at radius 3 is 2.79 bits per heavy atom. The minimum Gasteiger partial charge on any atom is -0.328 e. The summed E-state index contributed by atoms with van der Waals surface area (Å²) >= 11 is 0. The maximum atomic E-state index is 9.61. The summed E-state index contributed by atoms with van der Waals surface area (Å²) in [7, 11) is 1.96. The Morgan fingerprint density at radius 1 is 1.50 bits per heavy atom. The van der Waals surface area contributed by atoms with E-state index in [4.69, 9.17) is 13.9 Å². The first kappa shape index (κ1) is 13.6. The number of hydrogen-bond donors (Lipinski definition) is 1. The van der Waals surface area contributed by atoms with Gasteiger partial charge in [0.1, 0.15) is 0 Å². The first-order chi connectivity index (χ1) is 6.66. The van der Waals surface area contributed by atoms with Gasteiger partial charge in [0.2, 0.25) is 0 Å². The van der Waals surface area contributed by atoms with Crippen LogP contribution in [0.5, 0.6) is 0 Å². The second kappa shape index (κ2) is 9.18. The topological polar surface area (TPSA) is 71.4 Å². The predicted molar refractivity (Wildman–Crippen MR) is 54.5 cm³/mol. The molecule has 0 aromatic heterocycles. The third kappa shape index (κ3) is 9.70. The molecule has 0 amide bonds. The molecule has 0 aromatic rings. The molecule has 82 valence electrons. The van der Waals surface area contributed by atoms with Crippen LogP contribution < -0.4 is 0 Å². The van der Waals surface area contributed by atoms with Gasteiger partial charge < -0.3 is 18.8 Å². The van der Waals surface area contributed by atoms with Gasteiger partial charge in [-0.15, -0.1) is 4.91 Å². The lowest BCUT2D eigenvalue weighted by Gasteiger charge is -2.12. The van der Waals surface area contributed by atoms with Crippen LogP contribution in [0.4, 0.5) is 0 Å². The summed E-state index contributed by atoms with van der Waals surface area (Å²) in [6, 6.07) is 0. The average molecular weight is 222 g/mol. The molecule has 7 heteroatoms. The number of rotatable bonds is 8. The van der Waals surface area contributed by atoms with E-state index in [0.717, 1.165) is 6.20 Å². The smallest absolute Gasteiger partial charge is 0.328 e. The number of nitrogens with zero attached hydrogens (tertiary/aromatic N) is 2. The van der Waals surface area contributed by atoms with Gasteiger partial charge in [-0.2, -0.15) is 0 Å². The monoisotopic (exact) mass is 222 g/mol. The Labute approximate surface area is 84.5 Å². The zero-order chi connectivity index (χ0) is 10.8. The van der Waals surface area contributed by atoms with Crippen LogP contribution >= 0.6 is 8.60 Å². The fourth-order valence-corrected chi connectivity index (χ4v) is 1.06. The van der Waals surface area contributed by atoms with Crippen molar-refractivity contribution in [2.75, 3.05) is 33.9 Å². The fourth-order valence-electron chi connectivity index (χ4n) is 0.532. The minimum atomic E-state index is -1.85. The van der Waals surface area contributed by atoms with Crippen LogP contribution in [0.25, 0.3) is 0 Å². The van der Waals surface area contributed by atoms with E-state index in [0.29, 0.717) is 13.2 Å². The molecular weight excluding hydrogens is 207 g/mol. The van der Waals surface area contributed by atoms with Crippen molar-refractivity contribution in [1.29, 1.82) is 0 Å². The molecule has 14 heavy (non-hydrogen) atoms. The van der Waals surface area contributed by atoms with Crippen molar-refractivity contribution >= 4 is 8.60 Å². The van der Waals surface area contributed by atoms with Crippen molar-refractivity contribution in [3.05, 3.63) is 17.2 Å². The van der Waals surface area contributed by atoms with Crippen molar-refractivity contribution in [3.8, 4) is 0 Å². The second-order valence-corrected chi connectivity index (χ2v) is 3.65. The lowest BCUT2D eigenvalue weighted by Crippen LogP contribution is -2.17. The summed E-state index contributed by atoms with van der Waals surface area (Å²) in [6.07, 6.45) is 2.46. The van der Waals surface area contributed by atoms with E-state index in [1.807, 2.05) is 19.0 Å². The fraction of sp³-hybridized carbons (Fsp3) is 0.714. The molecule has 0 aliphatic carbocycles. The highest BCUT2D eigenvalue weighted by Crippen LogP contribution is 2.31. The molecule has 0 heterocycles. The Morgan fingerprint density at radius 2 is 2.21 bits per heavy atom. The lowest BCUT2D eigenvalue weighted by atomic mass is 10.6. The molecule has 1 atom stereocenters. The first-order valence-electron chi connectivity index (χ1n) is 4.04. The largest absolute Gasteiger partial charge is 0.330 e. The number of nitroso groups, excluding NO2 is 1. The Bertz CT molecular complexity index is 177. The molecule has 0 bridgehead atoms. The predicted octanol–water partition coefficient (Wildman–Crippen LogP) is 1.08. The van der Waals surface area contributed by atoms with Crippen molar-refractivity contribution in [1.82, 2.24) is 4.90 Å². The van der Waals surface area contributed by atoms with E-state index in [1.165, 1.54) is 6.08 Å². The molecule has 1 N–H and O–H groups in total. The molecular formula is C7H15N2O4P. The van der Waals surface area contributed by atoms with Gasteiger partial charge in [-0.25, -0.2) is 0 Å². The first-order valence-corrected chi connectivity index (χ1v) is 5.17. The second-order valence-electron chi connectivity index (χ2n) is 2.66. The molecule has 0 aliphatic rings. The van der Waals surface area contributed by atoms with E-state index in [9.17, 15) is 4.91 Å². The maximum absolute atomic E-state index is 9.61. The summed E-state index contributed by atoms with van der Waals surface area (Å²) < 4.78 is 9.77. The van der Waals surface area contributed by atoms with Gasteiger partial charge in [-0.3, -0.25) is 0 Å². The van der Waals surface area contributed by atoms with Crippen LogP contribution in [-0.4, -0.2) is 43.6 Å². The van der Waals surface area contributed by atoms with Crippen molar-refractivity contribution in [3.63, 3.8) is 0 Å². The zero-order valence-electron chi connectivity index (χ0n) is 8.29.